The number of pyridine rings is 1. The lowest BCUT2D eigenvalue weighted by Crippen LogP contribution is -2.07. The Hall–Kier alpha value is -3.78. The molecule has 0 atom stereocenters. The summed E-state index contributed by atoms with van der Waals surface area (Å²) in [6.45, 7) is 10.7. The average molecular weight is 525 g/mol. The number of rotatable bonds is 7. The number of esters is 1. The Kier molecular flexibility index (Phi) is 9.22. The highest BCUT2D eigenvalue weighted by Gasteiger charge is 2.18. The number of ether oxygens (including phenoxy) is 2. The van der Waals surface area contributed by atoms with Crippen LogP contribution in [-0.2, 0) is 29.1 Å². The van der Waals surface area contributed by atoms with E-state index < -0.39 is 11.8 Å². The number of aryl methyl sites for hydroxylation is 1. The zero-order valence-corrected chi connectivity index (χ0v) is 22.7. The second-order valence-corrected chi connectivity index (χ2v) is 10.6. The highest BCUT2D eigenvalue weighted by atomic mass is 19.1. The largest absolute Gasteiger partial charge is 0.489 e. The van der Waals surface area contributed by atoms with Gasteiger partial charge in [0.1, 0.15) is 17.9 Å². The van der Waals surface area contributed by atoms with Crippen molar-refractivity contribution in [2.75, 3.05) is 7.11 Å². The van der Waals surface area contributed by atoms with Gasteiger partial charge < -0.3 is 19.6 Å². The Morgan fingerprint density at radius 3 is 2.42 bits per heavy atom. The number of hydrogen-bond donors (Lipinski definition) is 1. The molecule has 4 rings (SSSR count). The number of nitrogens with two attached hydrogens (primary N) is 1. The molecule has 2 aromatic heterocycles. The number of carbonyl (C=O) groups excluding carboxylic acids is 1. The summed E-state index contributed by atoms with van der Waals surface area (Å²) in [6, 6.07) is 10.9. The summed E-state index contributed by atoms with van der Waals surface area (Å²) in [5, 5.41) is 0.466. The van der Waals surface area contributed by atoms with Crippen molar-refractivity contribution in [1.29, 1.82) is 0 Å². The molecule has 202 valence electrons. The lowest BCUT2D eigenvalue weighted by atomic mass is 10.00. The fourth-order valence-corrected chi connectivity index (χ4v) is 3.64. The molecular formula is C30H34F2N2O4. The molecule has 0 aliphatic heterocycles. The molecule has 4 aromatic rings. The van der Waals surface area contributed by atoms with Gasteiger partial charge in [-0.2, -0.15) is 4.39 Å². The molecule has 0 fully saturated rings. The first-order chi connectivity index (χ1) is 17.9. The molecule has 0 aliphatic rings. The highest BCUT2D eigenvalue weighted by molar-refractivity contribution is 5.93. The van der Waals surface area contributed by atoms with Crippen LogP contribution in [0.3, 0.4) is 0 Å². The van der Waals surface area contributed by atoms with E-state index in [0.717, 1.165) is 5.56 Å². The molecule has 0 spiro atoms. The van der Waals surface area contributed by atoms with E-state index in [9.17, 15) is 13.6 Å². The van der Waals surface area contributed by atoms with Crippen molar-refractivity contribution < 1.29 is 27.5 Å². The maximum Gasteiger partial charge on any atom is 0.310 e. The van der Waals surface area contributed by atoms with Gasteiger partial charge in [0.05, 0.1) is 19.2 Å². The van der Waals surface area contributed by atoms with Crippen LogP contribution in [-0.4, -0.2) is 18.1 Å². The van der Waals surface area contributed by atoms with Gasteiger partial charge in [-0.1, -0.05) is 39.8 Å². The number of benzene rings is 2. The van der Waals surface area contributed by atoms with Crippen LogP contribution in [0.25, 0.3) is 22.1 Å². The van der Waals surface area contributed by atoms with E-state index in [4.69, 9.17) is 19.6 Å². The first-order valence-electron chi connectivity index (χ1n) is 12.2. The highest BCUT2D eigenvalue weighted by Crippen LogP contribution is 2.34. The minimum atomic E-state index is -0.781. The number of furan rings is 1. The van der Waals surface area contributed by atoms with Crippen molar-refractivity contribution in [2.24, 2.45) is 11.1 Å². The molecule has 0 bridgehead atoms. The normalized spacial score (nSPS) is 11.2. The third-order valence-electron chi connectivity index (χ3n) is 5.27. The molecular weight excluding hydrogens is 490 g/mol. The zero-order chi connectivity index (χ0) is 28.0. The molecule has 6 nitrogen and oxygen atoms in total. The molecule has 0 aliphatic carbocycles. The Morgan fingerprint density at radius 1 is 1.05 bits per heavy atom. The molecule has 0 unspecified atom stereocenters. The molecule has 8 heteroatoms. The monoisotopic (exact) mass is 524 g/mol. The average Bonchev–Trinajstić information content (AvgIpc) is 3.22. The van der Waals surface area contributed by atoms with Crippen LogP contribution < -0.4 is 10.5 Å². The van der Waals surface area contributed by atoms with E-state index in [-0.39, 0.29) is 42.4 Å². The maximum atomic E-state index is 15.0. The molecule has 0 saturated carbocycles. The Labute approximate surface area is 221 Å². The van der Waals surface area contributed by atoms with Crippen molar-refractivity contribution in [1.82, 2.24) is 4.98 Å². The molecule has 0 radical (unpaired) electrons. The van der Waals surface area contributed by atoms with Crippen LogP contribution in [0.5, 0.6) is 5.75 Å². The van der Waals surface area contributed by atoms with Crippen LogP contribution in [0.15, 0.2) is 53.1 Å². The van der Waals surface area contributed by atoms with Gasteiger partial charge >= 0.3 is 5.97 Å². The fourth-order valence-electron chi connectivity index (χ4n) is 3.64. The van der Waals surface area contributed by atoms with E-state index >= 15 is 0 Å². The third kappa shape index (κ3) is 7.61. The lowest BCUT2D eigenvalue weighted by Gasteiger charge is -2.14. The van der Waals surface area contributed by atoms with Crippen molar-refractivity contribution in [3.05, 3.63) is 82.9 Å². The fraction of sp³-hybridized carbons (Fsp3) is 0.333. The summed E-state index contributed by atoms with van der Waals surface area (Å²) in [5.41, 5.74) is 9.26. The predicted octanol–water partition coefficient (Wildman–Crippen LogP) is 6.89. The third-order valence-corrected chi connectivity index (χ3v) is 5.27. The van der Waals surface area contributed by atoms with E-state index in [1.165, 1.54) is 25.4 Å². The van der Waals surface area contributed by atoms with Gasteiger partial charge in [0.15, 0.2) is 5.82 Å². The number of hydrogen-bond acceptors (Lipinski definition) is 6. The van der Waals surface area contributed by atoms with Crippen LogP contribution in [0, 0.1) is 24.2 Å². The van der Waals surface area contributed by atoms with Crippen molar-refractivity contribution in [3.8, 4) is 16.9 Å². The van der Waals surface area contributed by atoms with Crippen LogP contribution in [0.2, 0.25) is 0 Å². The second-order valence-electron chi connectivity index (χ2n) is 10.6. The molecule has 2 N–H and O–H groups in total. The summed E-state index contributed by atoms with van der Waals surface area (Å²) < 4.78 is 44.9. The smallest absolute Gasteiger partial charge is 0.310 e. The van der Waals surface area contributed by atoms with Crippen molar-refractivity contribution >= 4 is 16.9 Å². The van der Waals surface area contributed by atoms with Gasteiger partial charge in [-0.15, -0.1) is 0 Å². The van der Waals surface area contributed by atoms with Gasteiger partial charge in [0, 0.05) is 40.9 Å². The lowest BCUT2D eigenvalue weighted by molar-refractivity contribution is -0.139. The summed E-state index contributed by atoms with van der Waals surface area (Å²) in [4.78, 5) is 15.7. The van der Waals surface area contributed by atoms with Crippen molar-refractivity contribution in [2.45, 2.75) is 54.2 Å². The molecule has 2 aromatic carbocycles. The number of halogens is 2. The van der Waals surface area contributed by atoms with Gasteiger partial charge in [0.25, 0.3) is 6.01 Å². The Morgan fingerprint density at radius 2 is 1.76 bits per heavy atom. The van der Waals surface area contributed by atoms with Gasteiger partial charge in [-0.05, 0) is 47.7 Å². The van der Waals surface area contributed by atoms with Crippen LogP contribution in [0.1, 0.15) is 50.1 Å². The second kappa shape index (κ2) is 12.2. The number of fused-ring (bicyclic) bond motifs is 1. The number of aromatic nitrogens is 1. The van der Waals surface area contributed by atoms with E-state index in [2.05, 4.69) is 32.7 Å². The van der Waals surface area contributed by atoms with Crippen LogP contribution in [0.4, 0.5) is 8.78 Å². The van der Waals surface area contributed by atoms with E-state index in [1.807, 2.05) is 25.1 Å². The van der Waals surface area contributed by atoms with E-state index in [0.29, 0.717) is 33.2 Å². The molecule has 0 saturated heterocycles. The van der Waals surface area contributed by atoms with Gasteiger partial charge in [0.2, 0.25) is 0 Å². The summed E-state index contributed by atoms with van der Waals surface area (Å²) in [7, 11) is 1.33. The zero-order valence-electron chi connectivity index (χ0n) is 22.7. The summed E-state index contributed by atoms with van der Waals surface area (Å²) in [6.07, 6.45) is 1.51. The predicted molar refractivity (Wildman–Crippen MR) is 144 cm³/mol. The minimum absolute atomic E-state index is 0.0629. The molecule has 2 heterocycles. The Bertz CT molecular complexity index is 1420. The van der Waals surface area contributed by atoms with Crippen LogP contribution >= 0.6 is 0 Å². The first kappa shape index (κ1) is 28.8. The van der Waals surface area contributed by atoms with Gasteiger partial charge in [-0.25, -0.2) is 4.39 Å². The molecule has 38 heavy (non-hydrogen) atoms. The SMILES string of the molecule is CC(C)(C)C.COC(=O)Cc1ccc(C)cc1OCc1cc(-c2ccnc(CN)c2F)c2oc(F)cc2c1. The topological polar surface area (TPSA) is 87.6 Å². The molecule has 0 amide bonds. The quantitative estimate of drug-likeness (QED) is 0.265. The Balaban J connectivity index is 0.000000732. The number of carbonyl (C=O) groups is 1. The van der Waals surface area contributed by atoms with Crippen molar-refractivity contribution in [3.63, 3.8) is 0 Å². The minimum Gasteiger partial charge on any atom is -0.489 e. The summed E-state index contributed by atoms with van der Waals surface area (Å²) >= 11 is 0. The summed E-state index contributed by atoms with van der Waals surface area (Å²) in [5.74, 6) is -0.443. The standard InChI is InChI=1S/C25H22F2N2O4.C5H12/c1-14-3-4-16(11-23(30)31-2)21(7-14)32-13-15-8-17-10-22(26)33-25(17)19(9-15)18-5-6-29-20(12-28)24(18)27;1-5(2,3)4/h3-10H,11-13,28H2,1-2H3;1-4H3. The van der Waals surface area contributed by atoms with E-state index in [1.54, 1.807) is 12.1 Å². The number of methoxy groups -OCH3 is 1. The van der Waals surface area contributed by atoms with Gasteiger partial charge in [-0.3, -0.25) is 9.78 Å². The maximum absolute atomic E-state index is 15.0. The number of nitrogens with zero attached hydrogens (tertiary/aromatic N) is 1. The first-order valence-corrected chi connectivity index (χ1v) is 12.2.